The molecule has 146 valence electrons. The summed E-state index contributed by atoms with van der Waals surface area (Å²) in [5.41, 5.74) is 0.707. The second kappa shape index (κ2) is 7.65. The Kier molecular flexibility index (Phi) is 5.22. The standard InChI is InChI=1S/C19H20BrN5O2S/c1-24-9-11-25(12-10-24)19-21-17-8-3-2-7-16(17)18(22-19)23-28(26,27)15-6-4-5-14(20)13-15/h2-8,13H,9-12H2,1H3,(H,21,22,23). The van der Waals surface area contributed by atoms with E-state index in [4.69, 9.17) is 0 Å². The largest absolute Gasteiger partial charge is 0.338 e. The van der Waals surface area contributed by atoms with E-state index in [1.807, 2.05) is 24.3 Å². The molecule has 4 rings (SSSR count). The first-order valence-corrected chi connectivity index (χ1v) is 11.2. The summed E-state index contributed by atoms with van der Waals surface area (Å²) in [7, 11) is -1.70. The summed E-state index contributed by atoms with van der Waals surface area (Å²) in [6.07, 6.45) is 0. The number of aromatic nitrogens is 2. The maximum atomic E-state index is 12.9. The number of nitrogens with zero attached hydrogens (tertiary/aromatic N) is 4. The normalized spacial score (nSPS) is 15.7. The first kappa shape index (κ1) is 19.1. The molecule has 1 fully saturated rings. The van der Waals surface area contributed by atoms with Crippen molar-refractivity contribution in [3.8, 4) is 0 Å². The van der Waals surface area contributed by atoms with Gasteiger partial charge in [0.15, 0.2) is 5.82 Å². The second-order valence-electron chi connectivity index (χ2n) is 6.74. The van der Waals surface area contributed by atoms with Crippen LogP contribution in [-0.4, -0.2) is 56.5 Å². The van der Waals surface area contributed by atoms with Crippen LogP contribution in [0.15, 0.2) is 57.9 Å². The summed E-state index contributed by atoms with van der Waals surface area (Å²) in [5.74, 6) is 0.832. The Morgan fingerprint density at radius 1 is 1.00 bits per heavy atom. The number of likely N-dealkylation sites (N-methyl/N-ethyl adjacent to an activating group) is 1. The average Bonchev–Trinajstić information content (AvgIpc) is 2.68. The monoisotopic (exact) mass is 461 g/mol. The van der Waals surface area contributed by atoms with Gasteiger partial charge < -0.3 is 9.80 Å². The Hall–Kier alpha value is -2.23. The molecule has 3 aromatic rings. The van der Waals surface area contributed by atoms with E-state index in [2.05, 4.69) is 47.5 Å². The maximum absolute atomic E-state index is 12.9. The van der Waals surface area contributed by atoms with Gasteiger partial charge in [0.05, 0.1) is 10.4 Å². The molecular weight excluding hydrogens is 442 g/mol. The second-order valence-corrected chi connectivity index (χ2v) is 9.34. The summed E-state index contributed by atoms with van der Waals surface area (Å²) >= 11 is 3.32. The molecule has 7 nitrogen and oxygen atoms in total. The molecule has 9 heteroatoms. The lowest BCUT2D eigenvalue weighted by atomic mass is 10.2. The first-order chi connectivity index (χ1) is 13.4. The first-order valence-electron chi connectivity index (χ1n) is 8.91. The summed E-state index contributed by atoms with van der Waals surface area (Å²) in [4.78, 5) is 13.7. The Balaban J connectivity index is 1.75. The number of sulfonamides is 1. The number of piperazine rings is 1. The van der Waals surface area contributed by atoms with Crippen molar-refractivity contribution in [3.63, 3.8) is 0 Å². The third kappa shape index (κ3) is 3.96. The molecule has 0 amide bonds. The third-order valence-corrected chi connectivity index (χ3v) is 6.54. The Morgan fingerprint density at radius 3 is 2.50 bits per heavy atom. The van der Waals surface area contributed by atoms with Gasteiger partial charge in [0.2, 0.25) is 5.95 Å². The van der Waals surface area contributed by atoms with Crippen LogP contribution in [-0.2, 0) is 10.0 Å². The van der Waals surface area contributed by atoms with Crippen molar-refractivity contribution in [3.05, 3.63) is 53.0 Å². The van der Waals surface area contributed by atoms with Gasteiger partial charge in [-0.05, 0) is 37.4 Å². The zero-order chi connectivity index (χ0) is 19.7. The lowest BCUT2D eigenvalue weighted by Gasteiger charge is -2.32. The minimum Gasteiger partial charge on any atom is -0.338 e. The van der Waals surface area contributed by atoms with Gasteiger partial charge in [0, 0.05) is 36.0 Å². The SMILES string of the molecule is CN1CCN(c2nc(NS(=O)(=O)c3cccc(Br)c3)c3ccccc3n2)CC1. The van der Waals surface area contributed by atoms with E-state index >= 15 is 0 Å². The third-order valence-electron chi connectivity index (χ3n) is 4.71. The Bertz CT molecular complexity index is 1110. The van der Waals surface area contributed by atoms with Crippen LogP contribution in [0.2, 0.25) is 0 Å². The molecule has 2 heterocycles. The minimum atomic E-state index is -3.78. The fourth-order valence-electron chi connectivity index (χ4n) is 3.11. The maximum Gasteiger partial charge on any atom is 0.263 e. The molecule has 0 bridgehead atoms. The molecule has 1 aliphatic heterocycles. The molecule has 1 N–H and O–H groups in total. The lowest BCUT2D eigenvalue weighted by Crippen LogP contribution is -2.45. The van der Waals surface area contributed by atoms with Gasteiger partial charge in [-0.15, -0.1) is 0 Å². The van der Waals surface area contributed by atoms with Gasteiger partial charge >= 0.3 is 0 Å². The van der Waals surface area contributed by atoms with Gasteiger partial charge in [-0.3, -0.25) is 4.72 Å². The number of rotatable bonds is 4. The van der Waals surface area contributed by atoms with E-state index in [9.17, 15) is 8.42 Å². The van der Waals surface area contributed by atoms with Gasteiger partial charge in [-0.1, -0.05) is 34.1 Å². The van der Waals surface area contributed by atoms with Crippen LogP contribution in [0.5, 0.6) is 0 Å². The van der Waals surface area contributed by atoms with Crippen molar-refractivity contribution in [1.82, 2.24) is 14.9 Å². The van der Waals surface area contributed by atoms with Crippen molar-refractivity contribution in [2.75, 3.05) is 42.8 Å². The molecule has 1 aromatic heterocycles. The van der Waals surface area contributed by atoms with E-state index in [1.165, 1.54) is 0 Å². The summed E-state index contributed by atoms with van der Waals surface area (Å²) in [6, 6.07) is 14.0. The number of benzene rings is 2. The highest BCUT2D eigenvalue weighted by Gasteiger charge is 2.21. The van der Waals surface area contributed by atoms with Crippen LogP contribution in [0.25, 0.3) is 10.9 Å². The van der Waals surface area contributed by atoms with Gasteiger partial charge in [0.25, 0.3) is 10.0 Å². The van der Waals surface area contributed by atoms with Crippen LogP contribution in [0.3, 0.4) is 0 Å². The van der Waals surface area contributed by atoms with E-state index in [0.29, 0.717) is 27.1 Å². The fourth-order valence-corrected chi connectivity index (χ4v) is 4.73. The predicted octanol–water partition coefficient (Wildman–Crippen LogP) is 2.94. The molecule has 0 aliphatic carbocycles. The highest BCUT2D eigenvalue weighted by Crippen LogP contribution is 2.27. The van der Waals surface area contributed by atoms with Crippen LogP contribution < -0.4 is 9.62 Å². The van der Waals surface area contributed by atoms with E-state index in [0.717, 1.165) is 26.2 Å². The molecule has 0 saturated carbocycles. The molecule has 0 atom stereocenters. The van der Waals surface area contributed by atoms with Crippen LogP contribution in [0.4, 0.5) is 11.8 Å². The molecule has 1 saturated heterocycles. The van der Waals surface area contributed by atoms with Crippen LogP contribution >= 0.6 is 15.9 Å². The number of hydrogen-bond acceptors (Lipinski definition) is 6. The summed E-state index contributed by atoms with van der Waals surface area (Å²) in [5, 5.41) is 0.666. The Morgan fingerprint density at radius 2 is 1.75 bits per heavy atom. The molecule has 0 radical (unpaired) electrons. The fraction of sp³-hybridized carbons (Fsp3) is 0.263. The van der Waals surface area contributed by atoms with E-state index in [1.54, 1.807) is 24.3 Å². The number of hydrogen-bond donors (Lipinski definition) is 1. The topological polar surface area (TPSA) is 78.4 Å². The van der Waals surface area contributed by atoms with Crippen LogP contribution in [0.1, 0.15) is 0 Å². The molecule has 0 spiro atoms. The quantitative estimate of drug-likeness (QED) is 0.643. The molecule has 1 aliphatic rings. The number of nitrogens with one attached hydrogen (secondary N) is 1. The zero-order valence-electron chi connectivity index (χ0n) is 15.3. The molecule has 0 unspecified atom stereocenters. The zero-order valence-corrected chi connectivity index (χ0v) is 17.7. The van der Waals surface area contributed by atoms with Gasteiger partial charge in [-0.2, -0.15) is 4.98 Å². The Labute approximate surface area is 172 Å². The smallest absolute Gasteiger partial charge is 0.263 e. The molecular formula is C19H20BrN5O2S. The summed E-state index contributed by atoms with van der Waals surface area (Å²) in [6.45, 7) is 3.42. The van der Waals surface area contributed by atoms with Gasteiger partial charge in [0.1, 0.15) is 0 Å². The van der Waals surface area contributed by atoms with Crippen molar-refractivity contribution in [2.24, 2.45) is 0 Å². The molecule has 28 heavy (non-hydrogen) atoms. The summed E-state index contributed by atoms with van der Waals surface area (Å²) < 4.78 is 29.2. The number of anilines is 2. The molecule has 2 aromatic carbocycles. The van der Waals surface area contributed by atoms with Crippen molar-refractivity contribution in [1.29, 1.82) is 0 Å². The predicted molar refractivity (Wildman–Crippen MR) is 114 cm³/mol. The van der Waals surface area contributed by atoms with Crippen molar-refractivity contribution in [2.45, 2.75) is 4.90 Å². The number of halogens is 1. The number of para-hydroxylation sites is 1. The highest BCUT2D eigenvalue weighted by molar-refractivity contribution is 9.10. The van der Waals surface area contributed by atoms with Crippen molar-refractivity contribution >= 4 is 48.6 Å². The van der Waals surface area contributed by atoms with Crippen molar-refractivity contribution < 1.29 is 8.42 Å². The van der Waals surface area contributed by atoms with E-state index < -0.39 is 10.0 Å². The average molecular weight is 462 g/mol. The van der Waals surface area contributed by atoms with Gasteiger partial charge in [-0.25, -0.2) is 13.4 Å². The number of fused-ring (bicyclic) bond motifs is 1. The minimum absolute atomic E-state index is 0.172. The van der Waals surface area contributed by atoms with E-state index in [-0.39, 0.29) is 4.90 Å². The highest BCUT2D eigenvalue weighted by atomic mass is 79.9. The lowest BCUT2D eigenvalue weighted by molar-refractivity contribution is 0.311. The van der Waals surface area contributed by atoms with Crippen LogP contribution in [0, 0.1) is 0 Å².